The Labute approximate surface area is 147 Å². The van der Waals surface area contributed by atoms with Crippen molar-refractivity contribution in [2.24, 2.45) is 0 Å². The van der Waals surface area contributed by atoms with Crippen LogP contribution in [0.5, 0.6) is 0 Å². The highest BCUT2D eigenvalue weighted by atomic mass is 16.5. The van der Waals surface area contributed by atoms with Crippen molar-refractivity contribution in [2.45, 2.75) is 19.9 Å². The van der Waals surface area contributed by atoms with E-state index in [1.807, 2.05) is 32.0 Å². The summed E-state index contributed by atoms with van der Waals surface area (Å²) < 4.78 is 5.42. The van der Waals surface area contributed by atoms with Gasteiger partial charge in [-0.1, -0.05) is 12.1 Å². The molecule has 132 valence electrons. The largest absolute Gasteiger partial charge is 0.378 e. The minimum absolute atomic E-state index is 0.0564. The average molecular weight is 341 g/mol. The minimum Gasteiger partial charge on any atom is -0.378 e. The van der Waals surface area contributed by atoms with E-state index in [2.05, 4.69) is 31.6 Å². The summed E-state index contributed by atoms with van der Waals surface area (Å²) in [4.78, 5) is 23.0. The summed E-state index contributed by atoms with van der Waals surface area (Å²) in [6, 6.07) is 9.67. The minimum atomic E-state index is -0.207. The highest BCUT2D eigenvalue weighted by molar-refractivity contribution is 5.92. The van der Waals surface area contributed by atoms with Crippen LogP contribution in [0.2, 0.25) is 0 Å². The third-order valence-corrected chi connectivity index (χ3v) is 3.81. The van der Waals surface area contributed by atoms with Crippen molar-refractivity contribution in [2.75, 3.05) is 36.5 Å². The number of amides is 1. The molecule has 1 saturated heterocycles. The number of para-hydroxylation sites is 2. The summed E-state index contributed by atoms with van der Waals surface area (Å²) >= 11 is 0. The zero-order valence-electron chi connectivity index (χ0n) is 14.5. The van der Waals surface area contributed by atoms with Crippen molar-refractivity contribution < 1.29 is 9.53 Å². The van der Waals surface area contributed by atoms with E-state index in [1.54, 1.807) is 12.3 Å². The number of carbonyl (C=O) groups excluding carboxylic acids is 1. The first kappa shape index (κ1) is 17.2. The van der Waals surface area contributed by atoms with Gasteiger partial charge in [0.25, 0.3) is 5.91 Å². The van der Waals surface area contributed by atoms with Crippen LogP contribution >= 0.6 is 0 Å². The van der Waals surface area contributed by atoms with Crippen molar-refractivity contribution in [3.05, 3.63) is 42.2 Å². The fourth-order valence-corrected chi connectivity index (χ4v) is 2.66. The molecule has 0 saturated carbocycles. The van der Waals surface area contributed by atoms with Crippen molar-refractivity contribution >= 4 is 23.2 Å². The Morgan fingerprint density at radius 1 is 1.20 bits per heavy atom. The van der Waals surface area contributed by atoms with Crippen LogP contribution in [0.3, 0.4) is 0 Å². The molecule has 7 heteroatoms. The summed E-state index contributed by atoms with van der Waals surface area (Å²) in [5.74, 6) is 0.194. The fraction of sp³-hybridized carbons (Fsp3) is 0.389. The van der Waals surface area contributed by atoms with Crippen molar-refractivity contribution in [1.82, 2.24) is 15.3 Å². The Morgan fingerprint density at radius 3 is 2.72 bits per heavy atom. The number of hydrogen-bond acceptors (Lipinski definition) is 6. The van der Waals surface area contributed by atoms with Crippen molar-refractivity contribution in [1.29, 1.82) is 0 Å². The van der Waals surface area contributed by atoms with Gasteiger partial charge in [-0.25, -0.2) is 9.97 Å². The number of rotatable bonds is 5. The van der Waals surface area contributed by atoms with Crippen LogP contribution in [0, 0.1) is 0 Å². The summed E-state index contributed by atoms with van der Waals surface area (Å²) in [6.45, 7) is 6.95. The zero-order chi connectivity index (χ0) is 17.6. The molecule has 1 aliphatic rings. The number of morpholine rings is 1. The maximum Gasteiger partial charge on any atom is 0.270 e. The quantitative estimate of drug-likeness (QED) is 0.868. The molecule has 0 spiro atoms. The van der Waals surface area contributed by atoms with Gasteiger partial charge in [-0.05, 0) is 32.0 Å². The Kier molecular flexibility index (Phi) is 5.45. The van der Waals surface area contributed by atoms with E-state index in [0.29, 0.717) is 11.6 Å². The smallest absolute Gasteiger partial charge is 0.270 e. The first-order valence-corrected chi connectivity index (χ1v) is 8.46. The Balaban J connectivity index is 1.80. The summed E-state index contributed by atoms with van der Waals surface area (Å²) in [7, 11) is 0. The highest BCUT2D eigenvalue weighted by Gasteiger charge is 2.15. The predicted octanol–water partition coefficient (Wildman–Crippen LogP) is 2.20. The summed E-state index contributed by atoms with van der Waals surface area (Å²) in [6.07, 6.45) is 1.59. The number of carbonyl (C=O) groups is 1. The first-order chi connectivity index (χ1) is 12.1. The number of anilines is 3. The molecule has 3 rings (SSSR count). The van der Waals surface area contributed by atoms with E-state index in [-0.39, 0.29) is 11.9 Å². The molecule has 1 fully saturated rings. The molecule has 1 amide bonds. The number of nitrogens with one attached hydrogen (secondary N) is 2. The van der Waals surface area contributed by atoms with E-state index in [9.17, 15) is 4.79 Å². The van der Waals surface area contributed by atoms with Crippen LogP contribution in [0.4, 0.5) is 17.3 Å². The summed E-state index contributed by atoms with van der Waals surface area (Å²) in [5.41, 5.74) is 2.33. The van der Waals surface area contributed by atoms with Crippen LogP contribution in [0.1, 0.15) is 24.3 Å². The molecule has 2 aromatic rings. The lowest BCUT2D eigenvalue weighted by Gasteiger charge is -2.30. The maximum absolute atomic E-state index is 12.1. The molecule has 7 nitrogen and oxygen atoms in total. The van der Waals surface area contributed by atoms with Gasteiger partial charge in [-0.15, -0.1) is 0 Å². The second-order valence-corrected chi connectivity index (χ2v) is 6.14. The molecule has 0 atom stereocenters. The number of nitrogens with zero attached hydrogens (tertiary/aromatic N) is 3. The van der Waals surface area contributed by atoms with Gasteiger partial charge in [-0.2, -0.15) is 0 Å². The van der Waals surface area contributed by atoms with Gasteiger partial charge in [0, 0.05) is 25.3 Å². The highest BCUT2D eigenvalue weighted by Crippen LogP contribution is 2.28. The van der Waals surface area contributed by atoms with Crippen LogP contribution in [-0.2, 0) is 4.74 Å². The predicted molar refractivity (Wildman–Crippen MR) is 97.4 cm³/mol. The number of hydrogen-bond donors (Lipinski definition) is 2. The van der Waals surface area contributed by atoms with Crippen LogP contribution in [0.15, 0.2) is 36.5 Å². The second-order valence-electron chi connectivity index (χ2n) is 6.14. The lowest BCUT2D eigenvalue weighted by molar-refractivity contribution is 0.0938. The van der Waals surface area contributed by atoms with E-state index >= 15 is 0 Å². The summed E-state index contributed by atoms with van der Waals surface area (Å²) in [5, 5.41) is 6.07. The van der Waals surface area contributed by atoms with Gasteiger partial charge in [0.1, 0.15) is 5.69 Å². The zero-order valence-corrected chi connectivity index (χ0v) is 14.5. The topological polar surface area (TPSA) is 79.4 Å². The molecule has 25 heavy (non-hydrogen) atoms. The normalized spacial score (nSPS) is 14.4. The molecule has 1 aromatic heterocycles. The van der Waals surface area contributed by atoms with E-state index in [4.69, 9.17) is 4.74 Å². The monoisotopic (exact) mass is 341 g/mol. The Bertz CT molecular complexity index is 729. The van der Waals surface area contributed by atoms with Crippen LogP contribution < -0.4 is 15.5 Å². The molecule has 2 heterocycles. The van der Waals surface area contributed by atoms with Gasteiger partial charge in [0.15, 0.2) is 0 Å². The third kappa shape index (κ3) is 4.45. The van der Waals surface area contributed by atoms with Crippen molar-refractivity contribution in [3.8, 4) is 0 Å². The molecular formula is C18H23N5O2. The number of ether oxygens (including phenoxy) is 1. The fourth-order valence-electron chi connectivity index (χ4n) is 2.66. The average Bonchev–Trinajstić information content (AvgIpc) is 2.63. The van der Waals surface area contributed by atoms with Gasteiger partial charge in [-0.3, -0.25) is 4.79 Å². The molecule has 0 unspecified atom stereocenters. The SMILES string of the molecule is CC(C)NC(=O)c1ccnc(Nc2ccccc2N2CCOCC2)n1. The van der Waals surface area contributed by atoms with Crippen LogP contribution in [-0.4, -0.2) is 48.2 Å². The molecule has 0 radical (unpaired) electrons. The molecule has 0 bridgehead atoms. The molecule has 1 aromatic carbocycles. The van der Waals surface area contributed by atoms with Crippen molar-refractivity contribution in [3.63, 3.8) is 0 Å². The second kappa shape index (κ2) is 7.94. The molecule has 1 aliphatic heterocycles. The molecule has 0 aliphatic carbocycles. The van der Waals surface area contributed by atoms with E-state index < -0.39 is 0 Å². The van der Waals surface area contributed by atoms with Gasteiger partial charge in [0.05, 0.1) is 24.6 Å². The lowest BCUT2D eigenvalue weighted by atomic mass is 10.2. The third-order valence-electron chi connectivity index (χ3n) is 3.81. The van der Waals surface area contributed by atoms with Crippen LogP contribution in [0.25, 0.3) is 0 Å². The Morgan fingerprint density at radius 2 is 1.96 bits per heavy atom. The number of aromatic nitrogens is 2. The van der Waals surface area contributed by atoms with Gasteiger partial charge >= 0.3 is 0 Å². The van der Waals surface area contributed by atoms with E-state index in [1.165, 1.54) is 0 Å². The van der Waals surface area contributed by atoms with Gasteiger partial charge < -0.3 is 20.3 Å². The first-order valence-electron chi connectivity index (χ1n) is 8.46. The van der Waals surface area contributed by atoms with Gasteiger partial charge in [0.2, 0.25) is 5.95 Å². The Hall–Kier alpha value is -2.67. The standard InChI is InChI=1S/C18H23N5O2/c1-13(2)20-17(24)15-7-8-19-18(22-15)21-14-5-3-4-6-16(14)23-9-11-25-12-10-23/h3-8,13H,9-12H2,1-2H3,(H,20,24)(H,19,21,22). The number of benzene rings is 1. The lowest BCUT2D eigenvalue weighted by Crippen LogP contribution is -2.36. The van der Waals surface area contributed by atoms with E-state index in [0.717, 1.165) is 37.7 Å². The molecular weight excluding hydrogens is 318 g/mol. The maximum atomic E-state index is 12.1. The molecule has 2 N–H and O–H groups in total.